The summed E-state index contributed by atoms with van der Waals surface area (Å²) in [6.45, 7) is 4.39. The normalized spacial score (nSPS) is 17.0. The molecule has 0 atom stereocenters. The van der Waals surface area contributed by atoms with Gasteiger partial charge in [-0.25, -0.2) is 0 Å². The van der Waals surface area contributed by atoms with Crippen LogP contribution in [-0.4, -0.2) is 13.1 Å². The third kappa shape index (κ3) is 2.33. The van der Waals surface area contributed by atoms with Gasteiger partial charge in [0.05, 0.1) is 6.26 Å². The van der Waals surface area contributed by atoms with Crippen molar-refractivity contribution in [2.24, 2.45) is 0 Å². The highest BCUT2D eigenvalue weighted by Crippen LogP contribution is 2.33. The minimum atomic E-state index is 0. The number of halogens is 1. The molecule has 0 aliphatic carbocycles. The zero-order chi connectivity index (χ0) is 11.0. The molecule has 0 amide bonds. The first-order valence-electron chi connectivity index (χ1n) is 6.03. The molecule has 1 aliphatic rings. The number of fused-ring (bicyclic) bond motifs is 1. The average Bonchev–Trinajstić information content (AvgIpc) is 2.73. The van der Waals surface area contributed by atoms with Crippen molar-refractivity contribution in [3.05, 3.63) is 35.6 Å². The van der Waals surface area contributed by atoms with Crippen LogP contribution in [0.3, 0.4) is 0 Å². The van der Waals surface area contributed by atoms with Crippen molar-refractivity contribution in [1.82, 2.24) is 5.32 Å². The second kappa shape index (κ2) is 5.11. The lowest BCUT2D eigenvalue weighted by atomic mass is 9.90. The molecule has 1 fully saturated rings. The summed E-state index contributed by atoms with van der Waals surface area (Å²) in [5.41, 5.74) is 3.74. The number of hydrogen-bond acceptors (Lipinski definition) is 2. The predicted molar refractivity (Wildman–Crippen MR) is 73.0 cm³/mol. The Morgan fingerprint density at radius 3 is 2.76 bits per heavy atom. The van der Waals surface area contributed by atoms with Crippen molar-refractivity contribution < 1.29 is 4.42 Å². The van der Waals surface area contributed by atoms with E-state index in [1.807, 2.05) is 6.26 Å². The van der Waals surface area contributed by atoms with Gasteiger partial charge >= 0.3 is 0 Å². The van der Waals surface area contributed by atoms with Gasteiger partial charge in [-0.1, -0.05) is 11.6 Å². The topological polar surface area (TPSA) is 25.2 Å². The van der Waals surface area contributed by atoms with Crippen LogP contribution in [0.15, 0.2) is 28.9 Å². The van der Waals surface area contributed by atoms with Crippen LogP contribution in [0.4, 0.5) is 0 Å². The molecule has 1 aromatic heterocycles. The van der Waals surface area contributed by atoms with Gasteiger partial charge in [0, 0.05) is 10.9 Å². The van der Waals surface area contributed by atoms with Crippen molar-refractivity contribution in [3.8, 4) is 0 Å². The van der Waals surface area contributed by atoms with Gasteiger partial charge in [0.25, 0.3) is 0 Å². The largest absolute Gasteiger partial charge is 0.464 e. The third-order valence-electron chi connectivity index (χ3n) is 3.54. The quantitative estimate of drug-likeness (QED) is 0.837. The van der Waals surface area contributed by atoms with Crippen LogP contribution >= 0.6 is 12.4 Å². The summed E-state index contributed by atoms with van der Waals surface area (Å²) in [7, 11) is 0. The van der Waals surface area contributed by atoms with Crippen LogP contribution in [0.25, 0.3) is 11.0 Å². The van der Waals surface area contributed by atoms with Gasteiger partial charge in [0.2, 0.25) is 0 Å². The molecular weight excluding hydrogens is 234 g/mol. The van der Waals surface area contributed by atoms with Crippen LogP contribution in [0.5, 0.6) is 0 Å². The lowest BCUT2D eigenvalue weighted by molar-refractivity contribution is 0.457. The van der Waals surface area contributed by atoms with Crippen LogP contribution in [0.1, 0.15) is 29.9 Å². The predicted octanol–water partition coefficient (Wildman–Crippen LogP) is 3.63. The first kappa shape index (κ1) is 12.5. The Bertz CT molecular complexity index is 500. The molecular formula is C14H18ClNO. The van der Waals surface area contributed by atoms with Crippen molar-refractivity contribution in [2.45, 2.75) is 25.7 Å². The van der Waals surface area contributed by atoms with Crippen LogP contribution in [0.2, 0.25) is 0 Å². The Kier molecular flexibility index (Phi) is 3.75. The van der Waals surface area contributed by atoms with E-state index in [1.54, 1.807) is 0 Å². The maximum Gasteiger partial charge on any atom is 0.134 e. The maximum absolute atomic E-state index is 5.64. The Morgan fingerprint density at radius 1 is 1.24 bits per heavy atom. The second-order valence-electron chi connectivity index (χ2n) is 4.71. The Hall–Kier alpha value is -0.990. The highest BCUT2D eigenvalue weighted by molar-refractivity contribution is 5.85. The zero-order valence-corrected chi connectivity index (χ0v) is 10.8. The number of rotatable bonds is 1. The van der Waals surface area contributed by atoms with Gasteiger partial charge in [-0.15, -0.1) is 12.4 Å². The number of piperidine rings is 1. The van der Waals surface area contributed by atoms with Crippen molar-refractivity contribution in [2.75, 3.05) is 13.1 Å². The fraction of sp³-hybridized carbons (Fsp3) is 0.429. The summed E-state index contributed by atoms with van der Waals surface area (Å²) in [5, 5.41) is 4.72. The second-order valence-corrected chi connectivity index (χ2v) is 4.71. The maximum atomic E-state index is 5.64. The lowest BCUT2D eigenvalue weighted by Gasteiger charge is -2.21. The first-order valence-corrected chi connectivity index (χ1v) is 6.03. The molecule has 1 saturated heterocycles. The third-order valence-corrected chi connectivity index (χ3v) is 3.54. The van der Waals surface area contributed by atoms with Crippen LogP contribution in [0, 0.1) is 6.92 Å². The van der Waals surface area contributed by atoms with Gasteiger partial charge in [0.1, 0.15) is 5.58 Å². The molecule has 3 heteroatoms. The molecule has 2 heterocycles. The monoisotopic (exact) mass is 251 g/mol. The van der Waals surface area contributed by atoms with E-state index in [0.717, 1.165) is 18.7 Å². The summed E-state index contributed by atoms with van der Waals surface area (Å²) in [6.07, 6.45) is 4.41. The summed E-state index contributed by atoms with van der Waals surface area (Å²) in [4.78, 5) is 0. The molecule has 17 heavy (non-hydrogen) atoms. The number of benzene rings is 1. The number of hydrogen-bond donors (Lipinski definition) is 1. The average molecular weight is 252 g/mol. The smallest absolute Gasteiger partial charge is 0.134 e. The molecule has 92 valence electrons. The van der Waals surface area contributed by atoms with E-state index in [1.165, 1.54) is 29.4 Å². The van der Waals surface area contributed by atoms with Crippen molar-refractivity contribution in [1.29, 1.82) is 0 Å². The van der Waals surface area contributed by atoms with E-state index in [9.17, 15) is 0 Å². The SMILES string of the molecule is Cc1ccc2occ(C3CCNCC3)c2c1.Cl. The standard InChI is InChI=1S/C14H17NO.ClH/c1-10-2-3-14-12(8-10)13(9-16-14)11-4-6-15-7-5-11;/h2-3,8-9,11,15H,4-7H2,1H3;1H. The number of nitrogens with one attached hydrogen (secondary N) is 1. The summed E-state index contributed by atoms with van der Waals surface area (Å²) < 4.78 is 5.64. The number of furan rings is 1. The molecule has 0 radical (unpaired) electrons. The van der Waals surface area contributed by atoms with Gasteiger partial charge in [-0.3, -0.25) is 0 Å². The molecule has 1 N–H and O–H groups in total. The van der Waals surface area contributed by atoms with E-state index in [2.05, 4.69) is 30.4 Å². The Labute approximate surface area is 108 Å². The molecule has 1 aromatic carbocycles. The molecule has 0 unspecified atom stereocenters. The highest BCUT2D eigenvalue weighted by Gasteiger charge is 2.19. The van der Waals surface area contributed by atoms with E-state index >= 15 is 0 Å². The molecule has 0 bridgehead atoms. The van der Waals surface area contributed by atoms with Crippen molar-refractivity contribution >= 4 is 23.4 Å². The fourth-order valence-electron chi connectivity index (χ4n) is 2.61. The van der Waals surface area contributed by atoms with Gasteiger partial charge in [0.15, 0.2) is 0 Å². The van der Waals surface area contributed by atoms with E-state index in [0.29, 0.717) is 5.92 Å². The van der Waals surface area contributed by atoms with E-state index < -0.39 is 0 Å². The van der Waals surface area contributed by atoms with Crippen LogP contribution in [-0.2, 0) is 0 Å². The molecule has 0 saturated carbocycles. The molecule has 3 rings (SSSR count). The highest BCUT2D eigenvalue weighted by atomic mass is 35.5. The summed E-state index contributed by atoms with van der Waals surface area (Å²) in [5.74, 6) is 0.671. The van der Waals surface area contributed by atoms with Gasteiger partial charge < -0.3 is 9.73 Å². The van der Waals surface area contributed by atoms with Crippen molar-refractivity contribution in [3.63, 3.8) is 0 Å². The van der Waals surface area contributed by atoms with E-state index in [4.69, 9.17) is 4.42 Å². The number of aryl methyl sites for hydroxylation is 1. The Balaban J connectivity index is 0.00000108. The summed E-state index contributed by atoms with van der Waals surface area (Å²) >= 11 is 0. The zero-order valence-electron chi connectivity index (χ0n) is 10.0. The molecule has 2 aromatic rings. The lowest BCUT2D eigenvalue weighted by Crippen LogP contribution is -2.26. The Morgan fingerprint density at radius 2 is 2.00 bits per heavy atom. The fourth-order valence-corrected chi connectivity index (χ4v) is 2.61. The van der Waals surface area contributed by atoms with Gasteiger partial charge in [-0.05, 0) is 50.9 Å². The molecule has 2 nitrogen and oxygen atoms in total. The van der Waals surface area contributed by atoms with Crippen LogP contribution < -0.4 is 5.32 Å². The van der Waals surface area contributed by atoms with E-state index in [-0.39, 0.29) is 12.4 Å². The van der Waals surface area contributed by atoms with Gasteiger partial charge in [-0.2, -0.15) is 0 Å². The first-order chi connectivity index (χ1) is 7.84. The summed E-state index contributed by atoms with van der Waals surface area (Å²) in [6, 6.07) is 6.43. The minimum absolute atomic E-state index is 0. The molecule has 1 aliphatic heterocycles. The minimum Gasteiger partial charge on any atom is -0.464 e. The molecule has 0 spiro atoms.